The minimum absolute atomic E-state index is 0.0167. The van der Waals surface area contributed by atoms with E-state index in [0.717, 1.165) is 10.5 Å². The third-order valence-corrected chi connectivity index (χ3v) is 4.75. The molecule has 1 atom stereocenters. The van der Waals surface area contributed by atoms with Gasteiger partial charge in [-0.25, -0.2) is 0 Å². The Kier molecular flexibility index (Phi) is 5.69. The van der Waals surface area contributed by atoms with E-state index in [1.165, 1.54) is 23.1 Å². The summed E-state index contributed by atoms with van der Waals surface area (Å²) >= 11 is 3.34. The summed E-state index contributed by atoms with van der Waals surface area (Å²) in [4.78, 5) is 48.6. The van der Waals surface area contributed by atoms with Crippen molar-refractivity contribution in [3.05, 3.63) is 68.7 Å². The van der Waals surface area contributed by atoms with Crippen LogP contribution in [0.15, 0.2) is 53.0 Å². The third kappa shape index (κ3) is 4.17. The number of carbonyl (C=O) groups is 3. The SMILES string of the molecule is O=C(NNC(=O)C1CCN(c2cccc(Br)c2)C1=O)c1cccc([N+](=O)[O-])c1. The van der Waals surface area contributed by atoms with Gasteiger partial charge in [-0.1, -0.05) is 28.1 Å². The van der Waals surface area contributed by atoms with Crippen LogP contribution in [0.2, 0.25) is 0 Å². The van der Waals surface area contributed by atoms with Crippen LogP contribution in [0.1, 0.15) is 16.8 Å². The van der Waals surface area contributed by atoms with Crippen LogP contribution in [-0.2, 0) is 9.59 Å². The molecule has 144 valence electrons. The molecular weight excluding hydrogens is 432 g/mol. The van der Waals surface area contributed by atoms with E-state index in [9.17, 15) is 24.5 Å². The first-order valence-corrected chi connectivity index (χ1v) is 9.07. The van der Waals surface area contributed by atoms with Crippen LogP contribution in [0.3, 0.4) is 0 Å². The number of nitro benzene ring substituents is 1. The van der Waals surface area contributed by atoms with Gasteiger partial charge in [0.15, 0.2) is 0 Å². The number of hydrogen-bond acceptors (Lipinski definition) is 5. The molecule has 28 heavy (non-hydrogen) atoms. The second-order valence-electron chi connectivity index (χ2n) is 6.06. The van der Waals surface area contributed by atoms with E-state index >= 15 is 0 Å². The van der Waals surface area contributed by atoms with Crippen LogP contribution in [0.25, 0.3) is 0 Å². The predicted octanol–water partition coefficient (Wildman–Crippen LogP) is 2.17. The summed E-state index contributed by atoms with van der Waals surface area (Å²) in [6.07, 6.45) is 0.309. The van der Waals surface area contributed by atoms with Gasteiger partial charge in [0.05, 0.1) is 4.92 Å². The van der Waals surface area contributed by atoms with E-state index < -0.39 is 22.7 Å². The molecule has 3 rings (SSSR count). The topological polar surface area (TPSA) is 122 Å². The van der Waals surface area contributed by atoms with Gasteiger partial charge in [-0.2, -0.15) is 0 Å². The minimum atomic E-state index is -0.926. The molecule has 0 aromatic heterocycles. The van der Waals surface area contributed by atoms with E-state index in [1.54, 1.807) is 18.2 Å². The first-order chi connectivity index (χ1) is 13.4. The molecular formula is C18H15BrN4O5. The fourth-order valence-electron chi connectivity index (χ4n) is 2.86. The van der Waals surface area contributed by atoms with Crippen molar-refractivity contribution in [2.75, 3.05) is 11.4 Å². The Hall–Kier alpha value is -3.27. The van der Waals surface area contributed by atoms with E-state index in [-0.39, 0.29) is 17.2 Å². The maximum absolute atomic E-state index is 12.6. The van der Waals surface area contributed by atoms with Crippen LogP contribution in [0, 0.1) is 16.0 Å². The fraction of sp³-hybridized carbons (Fsp3) is 0.167. The summed E-state index contributed by atoms with van der Waals surface area (Å²) < 4.78 is 0.815. The maximum Gasteiger partial charge on any atom is 0.270 e. The van der Waals surface area contributed by atoms with E-state index in [2.05, 4.69) is 26.8 Å². The zero-order valence-electron chi connectivity index (χ0n) is 14.4. The number of carbonyl (C=O) groups excluding carboxylic acids is 3. The second-order valence-corrected chi connectivity index (χ2v) is 6.98. The molecule has 1 aliphatic heterocycles. The van der Waals surface area contributed by atoms with Gasteiger partial charge in [-0.05, 0) is 30.7 Å². The van der Waals surface area contributed by atoms with Crippen LogP contribution in [-0.4, -0.2) is 29.2 Å². The highest BCUT2D eigenvalue weighted by Gasteiger charge is 2.37. The summed E-state index contributed by atoms with van der Waals surface area (Å²) in [6, 6.07) is 12.3. The lowest BCUT2D eigenvalue weighted by Crippen LogP contribution is -2.46. The minimum Gasteiger partial charge on any atom is -0.312 e. The first kappa shape index (κ1) is 19.5. The van der Waals surface area contributed by atoms with Gasteiger partial charge in [0.2, 0.25) is 5.91 Å². The number of non-ortho nitro benzene ring substituents is 1. The van der Waals surface area contributed by atoms with Crippen LogP contribution in [0.4, 0.5) is 11.4 Å². The van der Waals surface area contributed by atoms with Gasteiger partial charge in [-0.3, -0.25) is 35.3 Å². The Labute approximate surface area is 168 Å². The Morgan fingerprint density at radius 3 is 2.61 bits per heavy atom. The van der Waals surface area contributed by atoms with Gasteiger partial charge in [0.25, 0.3) is 17.5 Å². The normalized spacial score (nSPS) is 16.0. The number of nitro groups is 1. The van der Waals surface area contributed by atoms with Crippen molar-refractivity contribution >= 4 is 45.0 Å². The standard InChI is InChI=1S/C18H15BrN4O5/c19-12-4-2-5-13(10-12)22-8-7-15(18(22)26)17(25)21-20-16(24)11-3-1-6-14(9-11)23(27)28/h1-6,9-10,15H,7-8H2,(H,20,24)(H,21,25). The van der Waals surface area contributed by atoms with Crippen LogP contribution in [0.5, 0.6) is 0 Å². The van der Waals surface area contributed by atoms with Crippen molar-refractivity contribution in [1.29, 1.82) is 0 Å². The monoisotopic (exact) mass is 446 g/mol. The van der Waals surface area contributed by atoms with Gasteiger partial charge in [-0.15, -0.1) is 0 Å². The molecule has 1 saturated heterocycles. The maximum atomic E-state index is 12.6. The smallest absolute Gasteiger partial charge is 0.270 e. The summed E-state index contributed by atoms with van der Waals surface area (Å²) in [5, 5.41) is 10.8. The average molecular weight is 447 g/mol. The number of anilines is 1. The first-order valence-electron chi connectivity index (χ1n) is 8.28. The number of amides is 3. The number of nitrogens with zero attached hydrogens (tertiary/aromatic N) is 2. The van der Waals surface area contributed by atoms with E-state index in [4.69, 9.17) is 0 Å². The number of halogens is 1. The number of hydrazine groups is 1. The molecule has 2 aromatic carbocycles. The summed E-state index contributed by atoms with van der Waals surface area (Å²) in [5.74, 6) is -2.64. The number of rotatable bonds is 4. The van der Waals surface area contributed by atoms with Gasteiger partial charge in [0, 0.05) is 34.4 Å². The molecule has 1 fully saturated rings. The fourth-order valence-corrected chi connectivity index (χ4v) is 3.25. The Morgan fingerprint density at radius 2 is 1.89 bits per heavy atom. The molecule has 2 aromatic rings. The third-order valence-electron chi connectivity index (χ3n) is 4.26. The highest BCUT2D eigenvalue weighted by Crippen LogP contribution is 2.27. The molecule has 9 nitrogen and oxygen atoms in total. The molecule has 3 amide bonds. The van der Waals surface area contributed by atoms with E-state index in [0.29, 0.717) is 18.7 Å². The van der Waals surface area contributed by atoms with Crippen molar-refractivity contribution in [3.63, 3.8) is 0 Å². The average Bonchev–Trinajstić information content (AvgIpc) is 3.07. The number of hydrogen-bond donors (Lipinski definition) is 2. The van der Waals surface area contributed by atoms with E-state index in [1.807, 2.05) is 6.07 Å². The highest BCUT2D eigenvalue weighted by atomic mass is 79.9. The van der Waals surface area contributed by atoms with Crippen LogP contribution >= 0.6 is 15.9 Å². The predicted molar refractivity (Wildman–Crippen MR) is 103 cm³/mol. The van der Waals surface area contributed by atoms with Crippen molar-refractivity contribution in [3.8, 4) is 0 Å². The van der Waals surface area contributed by atoms with Gasteiger partial charge >= 0.3 is 0 Å². The molecule has 0 radical (unpaired) electrons. The quantitative estimate of drug-likeness (QED) is 0.423. The second kappa shape index (κ2) is 8.17. The molecule has 10 heteroatoms. The number of nitrogens with one attached hydrogen (secondary N) is 2. The Morgan fingerprint density at radius 1 is 1.14 bits per heavy atom. The van der Waals surface area contributed by atoms with Crippen LogP contribution < -0.4 is 15.8 Å². The lowest BCUT2D eigenvalue weighted by molar-refractivity contribution is -0.384. The molecule has 0 bridgehead atoms. The molecule has 1 unspecified atom stereocenters. The molecule has 1 aliphatic rings. The summed E-state index contributed by atoms with van der Waals surface area (Å²) in [6.45, 7) is 0.381. The van der Waals surface area contributed by atoms with Gasteiger partial charge in [0.1, 0.15) is 5.92 Å². The van der Waals surface area contributed by atoms with Gasteiger partial charge < -0.3 is 4.90 Å². The molecule has 2 N–H and O–H groups in total. The lowest BCUT2D eigenvalue weighted by Gasteiger charge is -2.17. The van der Waals surface area contributed by atoms with Crippen molar-refractivity contribution in [2.45, 2.75) is 6.42 Å². The number of benzene rings is 2. The summed E-state index contributed by atoms with van der Waals surface area (Å²) in [5.41, 5.74) is 4.86. The van der Waals surface area contributed by atoms with Crippen molar-refractivity contribution in [2.24, 2.45) is 5.92 Å². The Bertz CT molecular complexity index is 964. The Balaban J connectivity index is 1.61. The molecule has 0 aliphatic carbocycles. The summed E-state index contributed by atoms with van der Waals surface area (Å²) in [7, 11) is 0. The molecule has 0 spiro atoms. The van der Waals surface area contributed by atoms with Crippen molar-refractivity contribution < 1.29 is 19.3 Å². The largest absolute Gasteiger partial charge is 0.312 e. The molecule has 1 heterocycles. The lowest BCUT2D eigenvalue weighted by atomic mass is 10.1. The van der Waals surface area contributed by atoms with Crippen molar-refractivity contribution in [1.82, 2.24) is 10.9 Å². The molecule has 0 saturated carbocycles. The zero-order valence-corrected chi connectivity index (χ0v) is 16.0. The highest BCUT2D eigenvalue weighted by molar-refractivity contribution is 9.10. The zero-order chi connectivity index (χ0) is 20.3.